The Morgan fingerprint density at radius 2 is 2.29 bits per heavy atom. The summed E-state index contributed by atoms with van der Waals surface area (Å²) >= 11 is 2.63. The first kappa shape index (κ1) is 14.5. The minimum atomic E-state index is 0.146. The molecule has 0 saturated carbocycles. The third kappa shape index (κ3) is 3.41. The van der Waals surface area contributed by atoms with Crippen LogP contribution >= 0.6 is 23.3 Å². The summed E-state index contributed by atoms with van der Waals surface area (Å²) in [6, 6.07) is 0. The summed E-state index contributed by atoms with van der Waals surface area (Å²) in [5.41, 5.74) is 0. The van der Waals surface area contributed by atoms with E-state index in [1.54, 1.807) is 4.90 Å². The Morgan fingerprint density at radius 1 is 1.43 bits per heavy atom. The van der Waals surface area contributed by atoms with Gasteiger partial charge in [-0.3, -0.25) is 4.79 Å². The minimum Gasteiger partial charge on any atom is -0.414 e. The Kier molecular flexibility index (Phi) is 4.20. The van der Waals surface area contributed by atoms with Gasteiger partial charge in [-0.1, -0.05) is 13.8 Å². The first-order valence-electron chi connectivity index (χ1n) is 6.73. The molecule has 9 heteroatoms. The van der Waals surface area contributed by atoms with Crippen LogP contribution in [0.2, 0.25) is 0 Å². The summed E-state index contributed by atoms with van der Waals surface area (Å²) in [4.78, 5) is 17.7. The molecule has 0 spiro atoms. The second-order valence-electron chi connectivity index (χ2n) is 5.06. The van der Waals surface area contributed by atoms with Crippen molar-refractivity contribution in [2.75, 3.05) is 6.54 Å². The van der Waals surface area contributed by atoms with E-state index in [1.165, 1.54) is 23.3 Å². The highest BCUT2D eigenvalue weighted by molar-refractivity contribution is 8.00. The van der Waals surface area contributed by atoms with E-state index in [-0.39, 0.29) is 5.91 Å². The fourth-order valence-electron chi connectivity index (χ4n) is 1.95. The standard InChI is InChI=1S/C12H15N5O2S2/c1-7(2)10-13-12(21-16-10)20-11-15-14-8(19-11)6-17-5-3-4-9(17)18/h7H,3-6H2,1-2H3. The molecule has 0 unspecified atom stereocenters. The lowest BCUT2D eigenvalue weighted by Gasteiger charge is -2.11. The zero-order valence-electron chi connectivity index (χ0n) is 11.8. The molecule has 3 rings (SSSR count). The number of rotatable bonds is 5. The summed E-state index contributed by atoms with van der Waals surface area (Å²) in [7, 11) is 0. The number of hydrogen-bond acceptors (Lipinski definition) is 8. The van der Waals surface area contributed by atoms with Gasteiger partial charge in [-0.15, -0.1) is 10.2 Å². The Labute approximate surface area is 130 Å². The number of carbonyl (C=O) groups excluding carboxylic acids is 1. The zero-order valence-corrected chi connectivity index (χ0v) is 13.4. The molecule has 1 aliphatic heterocycles. The highest BCUT2D eigenvalue weighted by atomic mass is 32.2. The van der Waals surface area contributed by atoms with Crippen molar-refractivity contribution in [2.45, 2.75) is 48.7 Å². The van der Waals surface area contributed by atoms with E-state index in [0.717, 1.165) is 23.1 Å². The van der Waals surface area contributed by atoms with Crippen molar-refractivity contribution in [1.82, 2.24) is 24.5 Å². The lowest BCUT2D eigenvalue weighted by atomic mass is 10.2. The average Bonchev–Trinajstić information content (AvgIpc) is 3.14. The molecule has 7 nitrogen and oxygen atoms in total. The molecule has 1 amide bonds. The number of carbonyl (C=O) groups is 1. The third-order valence-electron chi connectivity index (χ3n) is 3.06. The number of amides is 1. The fourth-order valence-corrected chi connectivity index (χ4v) is 3.49. The second kappa shape index (κ2) is 6.10. The quantitative estimate of drug-likeness (QED) is 0.834. The van der Waals surface area contributed by atoms with E-state index >= 15 is 0 Å². The van der Waals surface area contributed by atoms with Crippen LogP contribution in [0.5, 0.6) is 0 Å². The van der Waals surface area contributed by atoms with Gasteiger partial charge in [0.05, 0.1) is 6.54 Å². The summed E-state index contributed by atoms with van der Waals surface area (Å²) < 4.78 is 10.6. The van der Waals surface area contributed by atoms with Crippen LogP contribution in [-0.4, -0.2) is 36.9 Å². The molecule has 21 heavy (non-hydrogen) atoms. The van der Waals surface area contributed by atoms with Crippen LogP contribution < -0.4 is 0 Å². The molecule has 0 atom stereocenters. The molecule has 1 aliphatic rings. The number of likely N-dealkylation sites (tertiary alicyclic amines) is 1. The Bertz CT molecular complexity index is 639. The maximum Gasteiger partial charge on any atom is 0.283 e. The van der Waals surface area contributed by atoms with E-state index < -0.39 is 0 Å². The van der Waals surface area contributed by atoms with Crippen molar-refractivity contribution >= 4 is 29.2 Å². The fraction of sp³-hybridized carbons (Fsp3) is 0.583. The van der Waals surface area contributed by atoms with E-state index in [1.807, 2.05) is 13.8 Å². The van der Waals surface area contributed by atoms with E-state index in [2.05, 4.69) is 19.6 Å². The highest BCUT2D eigenvalue weighted by Gasteiger charge is 2.22. The SMILES string of the molecule is CC(C)c1nsc(Sc2nnc(CN3CCCC3=O)o2)n1. The Morgan fingerprint density at radius 3 is 2.95 bits per heavy atom. The molecule has 0 aromatic carbocycles. The molecular formula is C12H15N5O2S2. The lowest BCUT2D eigenvalue weighted by molar-refractivity contribution is -0.128. The Hall–Kier alpha value is -1.48. The van der Waals surface area contributed by atoms with Gasteiger partial charge in [0.1, 0.15) is 5.82 Å². The van der Waals surface area contributed by atoms with Gasteiger partial charge in [-0.2, -0.15) is 4.37 Å². The van der Waals surface area contributed by atoms with Crippen LogP contribution in [0.25, 0.3) is 0 Å². The Balaban J connectivity index is 1.63. The molecule has 2 aromatic rings. The molecule has 0 aliphatic carbocycles. The largest absolute Gasteiger partial charge is 0.414 e. The van der Waals surface area contributed by atoms with Crippen LogP contribution in [-0.2, 0) is 11.3 Å². The third-order valence-corrected chi connectivity index (χ3v) is 4.66. The van der Waals surface area contributed by atoms with Gasteiger partial charge >= 0.3 is 0 Å². The van der Waals surface area contributed by atoms with Crippen LogP contribution in [0.4, 0.5) is 0 Å². The summed E-state index contributed by atoms with van der Waals surface area (Å²) in [5, 5.41) is 8.39. The smallest absolute Gasteiger partial charge is 0.283 e. The first-order valence-corrected chi connectivity index (χ1v) is 8.32. The maximum absolute atomic E-state index is 11.6. The molecule has 3 heterocycles. The normalized spacial score (nSPS) is 15.4. The van der Waals surface area contributed by atoms with Crippen LogP contribution in [0.3, 0.4) is 0 Å². The van der Waals surface area contributed by atoms with E-state index in [4.69, 9.17) is 4.42 Å². The topological polar surface area (TPSA) is 85.0 Å². The monoisotopic (exact) mass is 325 g/mol. The van der Waals surface area contributed by atoms with Crippen LogP contribution in [0.1, 0.15) is 44.3 Å². The predicted octanol–water partition coefficient (Wildman–Crippen LogP) is 2.32. The van der Waals surface area contributed by atoms with Crippen LogP contribution in [0, 0.1) is 0 Å². The van der Waals surface area contributed by atoms with Gasteiger partial charge in [0.25, 0.3) is 5.22 Å². The van der Waals surface area contributed by atoms with Gasteiger partial charge in [0, 0.05) is 30.6 Å². The molecular weight excluding hydrogens is 310 g/mol. The molecule has 112 valence electrons. The highest BCUT2D eigenvalue weighted by Crippen LogP contribution is 2.29. The van der Waals surface area contributed by atoms with Crippen molar-refractivity contribution in [1.29, 1.82) is 0 Å². The van der Waals surface area contributed by atoms with Gasteiger partial charge in [0.15, 0.2) is 4.34 Å². The van der Waals surface area contributed by atoms with E-state index in [0.29, 0.717) is 30.0 Å². The van der Waals surface area contributed by atoms with E-state index in [9.17, 15) is 4.79 Å². The number of aromatic nitrogens is 4. The molecule has 0 bridgehead atoms. The summed E-state index contributed by atoms with van der Waals surface area (Å²) in [5.74, 6) is 1.73. The van der Waals surface area contributed by atoms with Crippen molar-refractivity contribution in [2.24, 2.45) is 0 Å². The van der Waals surface area contributed by atoms with Crippen molar-refractivity contribution < 1.29 is 9.21 Å². The molecule has 1 saturated heterocycles. The number of nitrogens with zero attached hydrogens (tertiary/aromatic N) is 5. The van der Waals surface area contributed by atoms with Crippen molar-refractivity contribution in [3.8, 4) is 0 Å². The second-order valence-corrected chi connectivity index (χ2v) is 7.01. The minimum absolute atomic E-state index is 0.146. The summed E-state index contributed by atoms with van der Waals surface area (Å²) in [6.45, 7) is 5.25. The van der Waals surface area contributed by atoms with Gasteiger partial charge in [-0.25, -0.2) is 4.98 Å². The first-order chi connectivity index (χ1) is 10.1. The molecule has 0 N–H and O–H groups in total. The average molecular weight is 325 g/mol. The van der Waals surface area contributed by atoms with Gasteiger partial charge < -0.3 is 9.32 Å². The molecule has 1 fully saturated rings. The maximum atomic E-state index is 11.6. The predicted molar refractivity (Wildman–Crippen MR) is 77.1 cm³/mol. The molecule has 0 radical (unpaired) electrons. The number of hydrogen-bond donors (Lipinski definition) is 0. The lowest BCUT2D eigenvalue weighted by Crippen LogP contribution is -2.23. The zero-order chi connectivity index (χ0) is 14.8. The van der Waals surface area contributed by atoms with Gasteiger partial charge in [-0.05, 0) is 18.0 Å². The molecule has 2 aromatic heterocycles. The van der Waals surface area contributed by atoms with Crippen molar-refractivity contribution in [3.05, 3.63) is 11.7 Å². The van der Waals surface area contributed by atoms with Gasteiger partial charge in [0.2, 0.25) is 11.8 Å². The van der Waals surface area contributed by atoms with Crippen molar-refractivity contribution in [3.63, 3.8) is 0 Å². The van der Waals surface area contributed by atoms with Crippen LogP contribution in [0.15, 0.2) is 14.0 Å². The summed E-state index contributed by atoms with van der Waals surface area (Å²) in [6.07, 6.45) is 1.51.